The summed E-state index contributed by atoms with van der Waals surface area (Å²) in [5.41, 5.74) is -0.430. The maximum atomic E-state index is 12.9. The first-order chi connectivity index (χ1) is 9.25. The Morgan fingerprint density at radius 3 is 2.65 bits per heavy atom. The third-order valence-electron chi connectivity index (χ3n) is 2.87. The Labute approximate surface area is 111 Å². The van der Waals surface area contributed by atoms with Gasteiger partial charge in [-0.2, -0.15) is 13.2 Å². The molecule has 0 saturated carbocycles. The summed E-state index contributed by atoms with van der Waals surface area (Å²) in [6, 6.07) is 0. The fourth-order valence-electron chi connectivity index (χ4n) is 1.91. The van der Waals surface area contributed by atoms with Crippen molar-refractivity contribution >= 4 is 12.0 Å². The number of alkyl halides is 3. The van der Waals surface area contributed by atoms with Crippen molar-refractivity contribution in [2.24, 2.45) is 0 Å². The van der Waals surface area contributed by atoms with Gasteiger partial charge in [0.2, 0.25) is 6.10 Å². The average Bonchev–Trinajstić information content (AvgIpc) is 2.37. The summed E-state index contributed by atoms with van der Waals surface area (Å²) in [5.74, 6) is -1.89. The van der Waals surface area contributed by atoms with E-state index in [1.807, 2.05) is 0 Å². The van der Waals surface area contributed by atoms with E-state index in [0.717, 1.165) is 6.08 Å². The molecule has 108 valence electrons. The molecule has 0 spiro atoms. The Kier molecular flexibility index (Phi) is 3.43. The second-order valence-electron chi connectivity index (χ2n) is 4.21. The molecule has 0 radical (unpaired) electrons. The summed E-state index contributed by atoms with van der Waals surface area (Å²) in [5, 5.41) is 18.0. The molecule has 0 aliphatic carbocycles. The van der Waals surface area contributed by atoms with Gasteiger partial charge in [0, 0.05) is 17.3 Å². The summed E-state index contributed by atoms with van der Waals surface area (Å²) in [7, 11) is 0. The summed E-state index contributed by atoms with van der Waals surface area (Å²) < 4.78 is 43.4. The van der Waals surface area contributed by atoms with Crippen LogP contribution in [0.4, 0.5) is 13.2 Å². The van der Waals surface area contributed by atoms with Gasteiger partial charge >= 0.3 is 12.1 Å². The van der Waals surface area contributed by atoms with E-state index in [-0.39, 0.29) is 22.6 Å². The van der Waals surface area contributed by atoms with Gasteiger partial charge in [0.15, 0.2) is 0 Å². The Morgan fingerprint density at radius 2 is 2.15 bits per heavy atom. The molecule has 0 bridgehead atoms. The smallest absolute Gasteiger partial charge is 0.430 e. The Bertz CT molecular complexity index is 595. The van der Waals surface area contributed by atoms with Crippen LogP contribution >= 0.6 is 0 Å². The number of aliphatic hydroxyl groups excluding tert-OH is 1. The number of hydrogen-bond donors (Lipinski definition) is 2. The number of nitrogens with zero attached hydrogens (tertiary/aromatic N) is 1. The van der Waals surface area contributed by atoms with Crippen molar-refractivity contribution < 1.29 is 32.9 Å². The molecule has 1 aromatic rings. The average molecular weight is 289 g/mol. The Hall–Kier alpha value is -2.09. The quantitative estimate of drug-likeness (QED) is 0.865. The number of rotatable bonds is 2. The first kappa shape index (κ1) is 14.3. The molecule has 20 heavy (non-hydrogen) atoms. The maximum Gasteiger partial charge on any atom is 0.430 e. The number of carbonyl (C=O) groups is 1. The molecule has 5 nitrogen and oxygen atoms in total. The number of pyridine rings is 1. The van der Waals surface area contributed by atoms with Gasteiger partial charge in [0.05, 0.1) is 17.9 Å². The number of aliphatic hydroxyl groups is 1. The molecule has 0 fully saturated rings. The topological polar surface area (TPSA) is 79.7 Å². The number of carboxylic acid groups (broad SMARTS) is 1. The van der Waals surface area contributed by atoms with Gasteiger partial charge in [-0.15, -0.1) is 0 Å². The highest BCUT2D eigenvalue weighted by atomic mass is 19.4. The van der Waals surface area contributed by atoms with Crippen LogP contribution in [-0.4, -0.2) is 33.4 Å². The number of halogens is 3. The van der Waals surface area contributed by atoms with E-state index in [1.54, 1.807) is 0 Å². The summed E-state index contributed by atoms with van der Waals surface area (Å²) in [4.78, 5) is 14.8. The van der Waals surface area contributed by atoms with Crippen LogP contribution < -0.4 is 4.74 Å². The number of aryl methyl sites for hydroxylation is 1. The minimum absolute atomic E-state index is 0.109. The van der Waals surface area contributed by atoms with Gasteiger partial charge in [0.1, 0.15) is 5.75 Å². The molecule has 1 atom stereocenters. The number of aromatic nitrogens is 1. The predicted octanol–water partition coefficient (Wildman–Crippen LogP) is 1.67. The number of hydrogen-bond acceptors (Lipinski definition) is 4. The molecule has 1 aromatic heterocycles. The van der Waals surface area contributed by atoms with Crippen LogP contribution in [0.15, 0.2) is 11.8 Å². The molecule has 0 amide bonds. The van der Waals surface area contributed by atoms with Crippen molar-refractivity contribution in [3.05, 3.63) is 28.6 Å². The molecule has 1 unspecified atom stereocenters. The lowest BCUT2D eigenvalue weighted by molar-refractivity contribution is -0.187. The van der Waals surface area contributed by atoms with Crippen molar-refractivity contribution in [1.29, 1.82) is 0 Å². The van der Waals surface area contributed by atoms with Crippen LogP contribution in [0.2, 0.25) is 0 Å². The van der Waals surface area contributed by atoms with E-state index < -0.39 is 30.4 Å². The van der Waals surface area contributed by atoms with E-state index in [9.17, 15) is 18.0 Å². The normalized spacial score (nSPS) is 18.1. The van der Waals surface area contributed by atoms with E-state index in [2.05, 4.69) is 4.98 Å². The molecule has 2 heterocycles. The number of carboxylic acids is 1. The molecular formula is C12H10F3NO4. The molecule has 0 saturated heterocycles. The first-order valence-electron chi connectivity index (χ1n) is 5.53. The molecule has 8 heteroatoms. The maximum absolute atomic E-state index is 12.9. The number of aliphatic carboxylic acids is 1. The monoisotopic (exact) mass is 289 g/mol. The second-order valence-corrected chi connectivity index (χ2v) is 4.21. The van der Waals surface area contributed by atoms with E-state index in [1.165, 1.54) is 13.1 Å². The lowest BCUT2D eigenvalue weighted by Crippen LogP contribution is -2.40. The summed E-state index contributed by atoms with van der Waals surface area (Å²) in [6.45, 7) is 0.950. The van der Waals surface area contributed by atoms with Gasteiger partial charge in [-0.3, -0.25) is 4.98 Å². The Morgan fingerprint density at radius 1 is 1.50 bits per heavy atom. The minimum atomic E-state index is -4.86. The number of fused-ring (bicyclic) bond motifs is 1. The van der Waals surface area contributed by atoms with Crippen LogP contribution in [0, 0.1) is 6.92 Å². The van der Waals surface area contributed by atoms with E-state index in [0.29, 0.717) is 0 Å². The predicted molar refractivity (Wildman–Crippen MR) is 61.0 cm³/mol. The van der Waals surface area contributed by atoms with Crippen molar-refractivity contribution in [3.63, 3.8) is 0 Å². The standard InChI is InChI=1S/C12H10F3NO4/c1-5-9-7(6(4-17)3-16-5)2-8(11(18)19)10(20-9)12(13,14)15/h2-3,10,17H,4H2,1H3,(H,18,19). The Balaban J connectivity index is 2.65. The minimum Gasteiger partial charge on any atom is -0.478 e. The third-order valence-corrected chi connectivity index (χ3v) is 2.87. The van der Waals surface area contributed by atoms with Gasteiger partial charge in [-0.05, 0) is 13.0 Å². The lowest BCUT2D eigenvalue weighted by Gasteiger charge is -2.28. The largest absolute Gasteiger partial charge is 0.478 e. The van der Waals surface area contributed by atoms with Crippen molar-refractivity contribution in [3.8, 4) is 5.75 Å². The van der Waals surface area contributed by atoms with Crippen LogP contribution in [-0.2, 0) is 11.4 Å². The van der Waals surface area contributed by atoms with Crippen LogP contribution in [0.1, 0.15) is 16.8 Å². The van der Waals surface area contributed by atoms with Crippen LogP contribution in [0.25, 0.3) is 6.08 Å². The lowest BCUT2D eigenvalue weighted by atomic mass is 9.98. The highest BCUT2D eigenvalue weighted by molar-refractivity contribution is 5.95. The molecule has 2 rings (SSSR count). The molecule has 1 aliphatic heterocycles. The zero-order valence-corrected chi connectivity index (χ0v) is 10.2. The molecule has 2 N–H and O–H groups in total. The zero-order chi connectivity index (χ0) is 15.1. The SMILES string of the molecule is Cc1ncc(CO)c2c1OC(C(F)(F)F)C(C(=O)O)=C2. The fourth-order valence-corrected chi connectivity index (χ4v) is 1.91. The third kappa shape index (κ3) is 2.34. The van der Waals surface area contributed by atoms with Crippen molar-refractivity contribution in [1.82, 2.24) is 4.98 Å². The second kappa shape index (κ2) is 4.78. The molecular weight excluding hydrogens is 279 g/mol. The fraction of sp³-hybridized carbons (Fsp3) is 0.333. The molecule has 1 aliphatic rings. The van der Waals surface area contributed by atoms with Gasteiger partial charge in [0.25, 0.3) is 0 Å². The first-order valence-corrected chi connectivity index (χ1v) is 5.53. The van der Waals surface area contributed by atoms with E-state index >= 15 is 0 Å². The van der Waals surface area contributed by atoms with Crippen LogP contribution in [0.3, 0.4) is 0 Å². The number of ether oxygens (including phenoxy) is 1. The highest BCUT2D eigenvalue weighted by Crippen LogP contribution is 2.39. The van der Waals surface area contributed by atoms with Crippen LogP contribution in [0.5, 0.6) is 5.75 Å². The summed E-state index contributed by atoms with van der Waals surface area (Å²) >= 11 is 0. The van der Waals surface area contributed by atoms with Crippen molar-refractivity contribution in [2.75, 3.05) is 0 Å². The van der Waals surface area contributed by atoms with E-state index in [4.69, 9.17) is 14.9 Å². The molecule has 0 aromatic carbocycles. The van der Waals surface area contributed by atoms with Gasteiger partial charge < -0.3 is 14.9 Å². The van der Waals surface area contributed by atoms with Crippen molar-refractivity contribution in [2.45, 2.75) is 25.8 Å². The highest BCUT2D eigenvalue weighted by Gasteiger charge is 2.49. The zero-order valence-electron chi connectivity index (χ0n) is 10.2. The van der Waals surface area contributed by atoms with Gasteiger partial charge in [-0.25, -0.2) is 4.79 Å². The van der Waals surface area contributed by atoms with Gasteiger partial charge in [-0.1, -0.05) is 0 Å². The summed E-state index contributed by atoms with van der Waals surface area (Å²) in [6.07, 6.45) is -5.27.